The van der Waals surface area contributed by atoms with Gasteiger partial charge in [0.1, 0.15) is 11.8 Å². The fraction of sp³-hybridized carbons (Fsp3) is 0. The van der Waals surface area contributed by atoms with E-state index in [0.29, 0.717) is 16.9 Å². The van der Waals surface area contributed by atoms with Gasteiger partial charge in [0, 0.05) is 11.3 Å². The SMILES string of the molecule is N#Cc1cc(N)ccc1NC(=O)c1cccc(O)c1. The van der Waals surface area contributed by atoms with Gasteiger partial charge in [-0.3, -0.25) is 4.79 Å². The molecular weight excluding hydrogens is 242 g/mol. The minimum atomic E-state index is -0.405. The summed E-state index contributed by atoms with van der Waals surface area (Å²) >= 11 is 0. The van der Waals surface area contributed by atoms with Crippen molar-refractivity contribution in [1.29, 1.82) is 5.26 Å². The highest BCUT2D eigenvalue weighted by atomic mass is 16.3. The number of phenols is 1. The number of nitrogens with one attached hydrogen (secondary N) is 1. The van der Waals surface area contributed by atoms with Crippen LogP contribution in [-0.2, 0) is 0 Å². The van der Waals surface area contributed by atoms with E-state index >= 15 is 0 Å². The van der Waals surface area contributed by atoms with E-state index in [1.54, 1.807) is 24.3 Å². The first-order chi connectivity index (χ1) is 9.10. The highest BCUT2D eigenvalue weighted by Gasteiger charge is 2.09. The van der Waals surface area contributed by atoms with E-state index in [4.69, 9.17) is 11.0 Å². The van der Waals surface area contributed by atoms with Gasteiger partial charge in [0.15, 0.2) is 0 Å². The van der Waals surface area contributed by atoms with Gasteiger partial charge >= 0.3 is 0 Å². The maximum absolute atomic E-state index is 12.0. The predicted molar refractivity (Wildman–Crippen MR) is 71.6 cm³/mol. The first-order valence-corrected chi connectivity index (χ1v) is 5.50. The number of nitriles is 1. The molecule has 0 spiro atoms. The van der Waals surface area contributed by atoms with Crippen molar-refractivity contribution in [3.63, 3.8) is 0 Å². The van der Waals surface area contributed by atoms with E-state index in [0.717, 1.165) is 0 Å². The molecule has 19 heavy (non-hydrogen) atoms. The number of benzene rings is 2. The van der Waals surface area contributed by atoms with Crippen LogP contribution in [0.4, 0.5) is 11.4 Å². The third kappa shape index (κ3) is 2.82. The van der Waals surface area contributed by atoms with Gasteiger partial charge in [-0.25, -0.2) is 0 Å². The number of aromatic hydroxyl groups is 1. The topological polar surface area (TPSA) is 99.1 Å². The largest absolute Gasteiger partial charge is 0.508 e. The van der Waals surface area contributed by atoms with Crippen molar-refractivity contribution in [3.05, 3.63) is 53.6 Å². The molecule has 0 fully saturated rings. The summed E-state index contributed by atoms with van der Waals surface area (Å²) in [5, 5.41) is 20.9. The second-order valence-electron chi connectivity index (χ2n) is 3.92. The molecule has 0 radical (unpaired) electrons. The molecule has 0 aliphatic heterocycles. The molecule has 2 aromatic carbocycles. The molecule has 0 saturated heterocycles. The molecule has 0 atom stereocenters. The summed E-state index contributed by atoms with van der Waals surface area (Å²) < 4.78 is 0. The summed E-state index contributed by atoms with van der Waals surface area (Å²) in [6.07, 6.45) is 0. The molecule has 5 heteroatoms. The maximum Gasteiger partial charge on any atom is 0.255 e. The van der Waals surface area contributed by atoms with E-state index in [2.05, 4.69) is 5.32 Å². The minimum absolute atomic E-state index is 0.00506. The molecule has 0 heterocycles. The number of phenolic OH excluding ortho intramolecular Hbond substituents is 1. The van der Waals surface area contributed by atoms with Gasteiger partial charge < -0.3 is 16.2 Å². The molecule has 94 valence electrons. The Morgan fingerprint density at radius 3 is 2.74 bits per heavy atom. The van der Waals surface area contributed by atoms with Crippen molar-refractivity contribution in [2.24, 2.45) is 0 Å². The third-order valence-electron chi connectivity index (χ3n) is 2.52. The molecule has 0 saturated carbocycles. The number of anilines is 2. The fourth-order valence-electron chi connectivity index (χ4n) is 1.61. The number of hydrogen-bond acceptors (Lipinski definition) is 4. The van der Waals surface area contributed by atoms with Crippen molar-refractivity contribution < 1.29 is 9.90 Å². The third-order valence-corrected chi connectivity index (χ3v) is 2.52. The van der Waals surface area contributed by atoms with Gasteiger partial charge in [-0.15, -0.1) is 0 Å². The summed E-state index contributed by atoms with van der Waals surface area (Å²) in [6.45, 7) is 0. The van der Waals surface area contributed by atoms with Crippen molar-refractivity contribution in [2.75, 3.05) is 11.1 Å². The maximum atomic E-state index is 12.0. The molecule has 2 rings (SSSR count). The Kier molecular flexibility index (Phi) is 3.35. The second-order valence-corrected chi connectivity index (χ2v) is 3.92. The molecular formula is C14H11N3O2. The Bertz CT molecular complexity index is 675. The summed E-state index contributed by atoms with van der Waals surface area (Å²) in [6, 6.07) is 12.6. The molecule has 0 unspecified atom stereocenters. The average molecular weight is 253 g/mol. The normalized spacial score (nSPS) is 9.63. The first-order valence-electron chi connectivity index (χ1n) is 5.50. The number of nitrogen functional groups attached to an aromatic ring is 1. The van der Waals surface area contributed by atoms with Gasteiger partial charge in [-0.05, 0) is 36.4 Å². The molecule has 0 bridgehead atoms. The van der Waals surface area contributed by atoms with E-state index in [1.165, 1.54) is 18.2 Å². The van der Waals surface area contributed by atoms with Crippen molar-refractivity contribution >= 4 is 17.3 Å². The zero-order chi connectivity index (χ0) is 13.8. The van der Waals surface area contributed by atoms with Crippen LogP contribution in [0.15, 0.2) is 42.5 Å². The Balaban J connectivity index is 2.27. The van der Waals surface area contributed by atoms with E-state index in [-0.39, 0.29) is 11.3 Å². The fourth-order valence-corrected chi connectivity index (χ4v) is 1.61. The van der Waals surface area contributed by atoms with E-state index in [9.17, 15) is 9.90 Å². The minimum Gasteiger partial charge on any atom is -0.508 e. The Morgan fingerprint density at radius 2 is 2.05 bits per heavy atom. The van der Waals surface area contributed by atoms with Crippen LogP contribution in [-0.4, -0.2) is 11.0 Å². The van der Waals surface area contributed by atoms with Gasteiger partial charge in [0.2, 0.25) is 0 Å². The zero-order valence-electron chi connectivity index (χ0n) is 9.92. The number of carbonyl (C=O) groups is 1. The second kappa shape index (κ2) is 5.10. The van der Waals surface area contributed by atoms with Crippen LogP contribution < -0.4 is 11.1 Å². The Labute approximate surface area is 109 Å². The van der Waals surface area contributed by atoms with Crippen LogP contribution in [0.25, 0.3) is 0 Å². The average Bonchev–Trinajstić information content (AvgIpc) is 2.40. The van der Waals surface area contributed by atoms with Gasteiger partial charge in [-0.1, -0.05) is 6.07 Å². The molecule has 0 aromatic heterocycles. The van der Waals surface area contributed by atoms with Crippen LogP contribution in [0.2, 0.25) is 0 Å². The van der Waals surface area contributed by atoms with Crippen molar-refractivity contribution in [1.82, 2.24) is 0 Å². The lowest BCUT2D eigenvalue weighted by atomic mass is 10.1. The standard InChI is InChI=1S/C14H11N3O2/c15-8-10-6-11(16)4-5-13(10)17-14(19)9-2-1-3-12(18)7-9/h1-7,18H,16H2,(H,17,19). The molecule has 0 aliphatic carbocycles. The number of amides is 1. The van der Waals surface area contributed by atoms with Crippen LogP contribution in [0.3, 0.4) is 0 Å². The quantitative estimate of drug-likeness (QED) is 0.713. The monoisotopic (exact) mass is 253 g/mol. The van der Waals surface area contributed by atoms with Crippen molar-refractivity contribution in [3.8, 4) is 11.8 Å². The lowest BCUT2D eigenvalue weighted by Crippen LogP contribution is -2.12. The smallest absolute Gasteiger partial charge is 0.255 e. The number of nitrogens with zero attached hydrogens (tertiary/aromatic N) is 1. The van der Waals surface area contributed by atoms with Gasteiger partial charge in [0.25, 0.3) is 5.91 Å². The van der Waals surface area contributed by atoms with E-state index in [1.807, 2.05) is 6.07 Å². The first kappa shape index (κ1) is 12.5. The van der Waals surface area contributed by atoms with Crippen LogP contribution in [0.5, 0.6) is 5.75 Å². The molecule has 4 N–H and O–H groups in total. The summed E-state index contributed by atoms with van der Waals surface area (Å²) in [4.78, 5) is 12.0. The Morgan fingerprint density at radius 1 is 1.26 bits per heavy atom. The van der Waals surface area contributed by atoms with Gasteiger partial charge in [-0.2, -0.15) is 5.26 Å². The predicted octanol–water partition coefficient (Wildman–Crippen LogP) is 2.10. The van der Waals surface area contributed by atoms with Gasteiger partial charge in [0.05, 0.1) is 11.3 Å². The lowest BCUT2D eigenvalue weighted by Gasteiger charge is -2.07. The molecule has 2 aromatic rings. The highest BCUT2D eigenvalue weighted by molar-refractivity contribution is 6.05. The molecule has 0 aliphatic rings. The van der Waals surface area contributed by atoms with E-state index < -0.39 is 5.91 Å². The zero-order valence-corrected chi connectivity index (χ0v) is 9.92. The summed E-state index contributed by atoms with van der Waals surface area (Å²) in [7, 11) is 0. The molecule has 5 nitrogen and oxygen atoms in total. The lowest BCUT2D eigenvalue weighted by molar-refractivity contribution is 0.102. The molecule has 1 amide bonds. The highest BCUT2D eigenvalue weighted by Crippen LogP contribution is 2.19. The number of rotatable bonds is 2. The number of nitrogens with two attached hydrogens (primary N) is 1. The number of hydrogen-bond donors (Lipinski definition) is 3. The number of carbonyl (C=O) groups excluding carboxylic acids is 1. The summed E-state index contributed by atoms with van der Waals surface area (Å²) in [5.74, 6) is -0.400. The van der Waals surface area contributed by atoms with Crippen molar-refractivity contribution in [2.45, 2.75) is 0 Å². The Hall–Kier alpha value is -3.00. The van der Waals surface area contributed by atoms with Crippen LogP contribution in [0, 0.1) is 11.3 Å². The summed E-state index contributed by atoms with van der Waals surface area (Å²) in [5.41, 5.74) is 6.99. The van der Waals surface area contributed by atoms with Crippen LogP contribution in [0.1, 0.15) is 15.9 Å². The van der Waals surface area contributed by atoms with Crippen LogP contribution >= 0.6 is 0 Å².